The molecule has 1 aliphatic heterocycles. The molecule has 0 aromatic carbocycles. The lowest BCUT2D eigenvalue weighted by atomic mass is 10.0. The number of amides is 1. The molecule has 2 unspecified atom stereocenters. The largest absolute Gasteiger partial charge is 0.354 e. The van der Waals surface area contributed by atoms with Crippen LogP contribution in [0.1, 0.15) is 19.2 Å². The lowest BCUT2D eigenvalue weighted by Crippen LogP contribution is -2.43. The Bertz CT molecular complexity index is 337. The molecule has 3 N–H and O–H groups in total. The van der Waals surface area contributed by atoms with Crippen molar-refractivity contribution in [2.45, 2.75) is 25.8 Å². The van der Waals surface area contributed by atoms with Gasteiger partial charge in [0, 0.05) is 13.0 Å². The number of hydrogen-bond donors (Lipinski definition) is 3. The first-order valence-corrected chi connectivity index (χ1v) is 5.62. The number of carbonyl (C=O) groups is 1. The summed E-state index contributed by atoms with van der Waals surface area (Å²) < 4.78 is 0. The van der Waals surface area contributed by atoms with E-state index in [1.807, 2.05) is 0 Å². The van der Waals surface area contributed by atoms with Gasteiger partial charge in [-0.05, 0) is 18.9 Å². The van der Waals surface area contributed by atoms with Gasteiger partial charge >= 0.3 is 0 Å². The van der Waals surface area contributed by atoms with E-state index < -0.39 is 0 Å². The van der Waals surface area contributed by atoms with Crippen LogP contribution in [0.5, 0.6) is 0 Å². The number of aromatic amines is 1. The summed E-state index contributed by atoms with van der Waals surface area (Å²) in [5, 5.41) is 12.6. The molecule has 1 fully saturated rings. The highest BCUT2D eigenvalue weighted by molar-refractivity contribution is 5.82. The van der Waals surface area contributed by atoms with E-state index in [-0.39, 0.29) is 11.9 Å². The molecule has 0 bridgehead atoms. The molecule has 1 aliphatic rings. The standard InChI is InChI=1S/C10H17N5O/c1-7-2-4-11-9(7)10(16)12-5-3-8-13-6-14-15-8/h6-7,9,11H,2-5H2,1H3,(H,12,16)(H,13,14,15). The van der Waals surface area contributed by atoms with Crippen LogP contribution in [0.3, 0.4) is 0 Å². The second-order valence-corrected chi connectivity index (χ2v) is 4.17. The number of H-pyrrole nitrogens is 1. The highest BCUT2D eigenvalue weighted by Gasteiger charge is 2.28. The monoisotopic (exact) mass is 223 g/mol. The van der Waals surface area contributed by atoms with Gasteiger partial charge in [0.25, 0.3) is 0 Å². The van der Waals surface area contributed by atoms with E-state index in [2.05, 4.69) is 32.7 Å². The Balaban J connectivity index is 1.71. The van der Waals surface area contributed by atoms with E-state index in [0.717, 1.165) is 18.8 Å². The van der Waals surface area contributed by atoms with Crippen molar-refractivity contribution >= 4 is 5.91 Å². The molecule has 1 amide bonds. The van der Waals surface area contributed by atoms with Gasteiger partial charge in [-0.15, -0.1) is 0 Å². The number of rotatable bonds is 4. The molecule has 2 atom stereocenters. The summed E-state index contributed by atoms with van der Waals surface area (Å²) in [6.45, 7) is 3.63. The molecular formula is C10H17N5O. The van der Waals surface area contributed by atoms with Gasteiger partial charge in [0.1, 0.15) is 12.2 Å². The van der Waals surface area contributed by atoms with Gasteiger partial charge in [0.15, 0.2) is 0 Å². The topological polar surface area (TPSA) is 82.7 Å². The van der Waals surface area contributed by atoms with E-state index in [4.69, 9.17) is 0 Å². The molecule has 2 heterocycles. The second-order valence-electron chi connectivity index (χ2n) is 4.17. The highest BCUT2D eigenvalue weighted by Crippen LogP contribution is 2.13. The average molecular weight is 223 g/mol. The minimum Gasteiger partial charge on any atom is -0.354 e. The van der Waals surface area contributed by atoms with Crippen LogP contribution < -0.4 is 10.6 Å². The Kier molecular flexibility index (Phi) is 3.51. The average Bonchev–Trinajstić information content (AvgIpc) is 2.88. The van der Waals surface area contributed by atoms with Crippen molar-refractivity contribution in [3.63, 3.8) is 0 Å². The van der Waals surface area contributed by atoms with Crippen molar-refractivity contribution in [2.24, 2.45) is 5.92 Å². The van der Waals surface area contributed by atoms with Crippen LogP contribution in [-0.4, -0.2) is 40.2 Å². The SMILES string of the molecule is CC1CCNC1C(=O)NCCc1ncn[nH]1. The molecule has 6 nitrogen and oxygen atoms in total. The number of nitrogens with one attached hydrogen (secondary N) is 3. The van der Waals surface area contributed by atoms with Gasteiger partial charge in [-0.3, -0.25) is 9.89 Å². The van der Waals surface area contributed by atoms with E-state index in [0.29, 0.717) is 18.9 Å². The van der Waals surface area contributed by atoms with Gasteiger partial charge in [-0.2, -0.15) is 5.10 Å². The molecule has 0 aliphatic carbocycles. The summed E-state index contributed by atoms with van der Waals surface area (Å²) in [4.78, 5) is 15.8. The van der Waals surface area contributed by atoms with Crippen LogP contribution in [0.15, 0.2) is 6.33 Å². The van der Waals surface area contributed by atoms with E-state index in [1.54, 1.807) is 0 Å². The fourth-order valence-corrected chi connectivity index (χ4v) is 1.95. The molecule has 1 aromatic rings. The summed E-state index contributed by atoms with van der Waals surface area (Å²) in [6, 6.07) is -0.0327. The predicted octanol–water partition coefficient (Wildman–Crippen LogP) is -0.539. The van der Waals surface area contributed by atoms with Gasteiger partial charge in [0.2, 0.25) is 5.91 Å². The van der Waals surface area contributed by atoms with Gasteiger partial charge in [-0.25, -0.2) is 4.98 Å². The molecule has 0 spiro atoms. The maximum atomic E-state index is 11.8. The van der Waals surface area contributed by atoms with Crippen molar-refractivity contribution in [1.29, 1.82) is 0 Å². The third-order valence-corrected chi connectivity index (χ3v) is 2.94. The van der Waals surface area contributed by atoms with E-state index in [1.165, 1.54) is 6.33 Å². The fourth-order valence-electron chi connectivity index (χ4n) is 1.95. The predicted molar refractivity (Wildman–Crippen MR) is 58.7 cm³/mol. The van der Waals surface area contributed by atoms with Crippen LogP contribution in [0, 0.1) is 5.92 Å². The number of nitrogens with zero attached hydrogens (tertiary/aromatic N) is 2. The Morgan fingerprint density at radius 1 is 1.69 bits per heavy atom. The van der Waals surface area contributed by atoms with Crippen LogP contribution >= 0.6 is 0 Å². The molecule has 0 saturated carbocycles. The quantitative estimate of drug-likeness (QED) is 0.640. The number of carbonyl (C=O) groups excluding carboxylic acids is 1. The normalized spacial score (nSPS) is 24.6. The zero-order chi connectivity index (χ0) is 11.4. The third-order valence-electron chi connectivity index (χ3n) is 2.94. The lowest BCUT2D eigenvalue weighted by Gasteiger charge is -2.14. The van der Waals surface area contributed by atoms with Crippen LogP contribution in [0.25, 0.3) is 0 Å². The fraction of sp³-hybridized carbons (Fsp3) is 0.700. The first-order valence-electron chi connectivity index (χ1n) is 5.62. The Labute approximate surface area is 94.2 Å². The van der Waals surface area contributed by atoms with E-state index >= 15 is 0 Å². The molecule has 2 rings (SSSR count). The molecule has 6 heteroatoms. The molecule has 0 radical (unpaired) electrons. The summed E-state index contributed by atoms with van der Waals surface area (Å²) in [5.41, 5.74) is 0. The smallest absolute Gasteiger partial charge is 0.237 e. The summed E-state index contributed by atoms with van der Waals surface area (Å²) >= 11 is 0. The highest BCUT2D eigenvalue weighted by atomic mass is 16.2. The number of hydrogen-bond acceptors (Lipinski definition) is 4. The Morgan fingerprint density at radius 3 is 3.19 bits per heavy atom. The van der Waals surface area contributed by atoms with E-state index in [9.17, 15) is 4.79 Å². The minimum absolute atomic E-state index is 0.0327. The third kappa shape index (κ3) is 2.57. The van der Waals surface area contributed by atoms with Gasteiger partial charge in [-0.1, -0.05) is 6.92 Å². The van der Waals surface area contributed by atoms with Crippen molar-refractivity contribution in [1.82, 2.24) is 25.8 Å². The summed E-state index contributed by atoms with van der Waals surface area (Å²) in [6.07, 6.45) is 3.23. The van der Waals surface area contributed by atoms with Crippen molar-refractivity contribution < 1.29 is 4.79 Å². The van der Waals surface area contributed by atoms with Crippen molar-refractivity contribution in [3.8, 4) is 0 Å². The number of aromatic nitrogens is 3. The molecule has 88 valence electrons. The zero-order valence-electron chi connectivity index (χ0n) is 9.36. The summed E-state index contributed by atoms with van der Waals surface area (Å²) in [5.74, 6) is 1.31. The second kappa shape index (κ2) is 5.07. The summed E-state index contributed by atoms with van der Waals surface area (Å²) in [7, 11) is 0. The van der Waals surface area contributed by atoms with Gasteiger partial charge in [0.05, 0.1) is 6.04 Å². The van der Waals surface area contributed by atoms with Crippen molar-refractivity contribution in [3.05, 3.63) is 12.2 Å². The van der Waals surface area contributed by atoms with Crippen LogP contribution in [-0.2, 0) is 11.2 Å². The molecule has 16 heavy (non-hydrogen) atoms. The van der Waals surface area contributed by atoms with Crippen LogP contribution in [0.4, 0.5) is 0 Å². The Morgan fingerprint density at radius 2 is 2.56 bits per heavy atom. The molecule has 1 saturated heterocycles. The molecule has 1 aromatic heterocycles. The Hall–Kier alpha value is -1.43. The zero-order valence-corrected chi connectivity index (χ0v) is 9.36. The van der Waals surface area contributed by atoms with Crippen molar-refractivity contribution in [2.75, 3.05) is 13.1 Å². The maximum absolute atomic E-state index is 11.8. The van der Waals surface area contributed by atoms with Gasteiger partial charge < -0.3 is 10.6 Å². The maximum Gasteiger partial charge on any atom is 0.237 e. The first-order chi connectivity index (χ1) is 7.77. The first kappa shape index (κ1) is 11.1. The molecular weight excluding hydrogens is 206 g/mol. The lowest BCUT2D eigenvalue weighted by molar-refractivity contribution is -0.123. The minimum atomic E-state index is -0.0327. The van der Waals surface area contributed by atoms with Crippen LogP contribution in [0.2, 0.25) is 0 Å².